The van der Waals surface area contributed by atoms with E-state index in [1.165, 1.54) is 0 Å². The summed E-state index contributed by atoms with van der Waals surface area (Å²) < 4.78 is 25.1. The Balaban J connectivity index is 3.00. The number of benzene rings is 1. The van der Waals surface area contributed by atoms with Gasteiger partial charge in [-0.05, 0) is 38.1 Å². The van der Waals surface area contributed by atoms with Crippen molar-refractivity contribution < 1.29 is 13.2 Å². The molecule has 0 saturated carbocycles. The molecule has 0 aliphatic carbocycles. The van der Waals surface area contributed by atoms with Crippen molar-refractivity contribution in [2.75, 3.05) is 41.6 Å². The molecule has 0 radical (unpaired) electrons. The molecule has 7 heteroatoms. The van der Waals surface area contributed by atoms with Gasteiger partial charge in [0.2, 0.25) is 15.9 Å². The summed E-state index contributed by atoms with van der Waals surface area (Å²) in [7, 11) is -3.55. The van der Waals surface area contributed by atoms with Gasteiger partial charge in [0.05, 0.1) is 11.9 Å². The minimum Gasteiger partial charge on any atom is -0.372 e. The lowest BCUT2D eigenvalue weighted by molar-refractivity contribution is -0.119. The fourth-order valence-electron chi connectivity index (χ4n) is 2.19. The van der Waals surface area contributed by atoms with Crippen molar-refractivity contribution in [3.8, 4) is 0 Å². The summed E-state index contributed by atoms with van der Waals surface area (Å²) >= 11 is 0. The molecule has 0 saturated heterocycles. The number of hydrogen-bond acceptors (Lipinski definition) is 4. The van der Waals surface area contributed by atoms with Gasteiger partial charge in [-0.15, -0.1) is 6.58 Å². The molecule has 1 rings (SSSR count). The first-order chi connectivity index (χ1) is 10.8. The van der Waals surface area contributed by atoms with Gasteiger partial charge in [-0.1, -0.05) is 6.08 Å². The van der Waals surface area contributed by atoms with E-state index in [0.29, 0.717) is 12.2 Å². The highest BCUT2D eigenvalue weighted by molar-refractivity contribution is 7.92. The first-order valence-electron chi connectivity index (χ1n) is 7.53. The highest BCUT2D eigenvalue weighted by Gasteiger charge is 2.20. The summed E-state index contributed by atoms with van der Waals surface area (Å²) in [5.74, 6) is -0.372. The zero-order chi connectivity index (χ0) is 17.5. The standard InChI is InChI=1S/C16H25N3O3S/c1-5-12-17-16(20)13-19(23(4,21)22)15-10-8-14(9-11-15)18(6-2)7-3/h5,8-11H,1,6-7,12-13H2,2-4H3,(H,17,20). The number of carbonyl (C=O) groups excluding carboxylic acids is 1. The van der Waals surface area contributed by atoms with E-state index in [2.05, 4.69) is 30.6 Å². The Labute approximate surface area is 138 Å². The molecule has 0 bridgehead atoms. The molecule has 1 aromatic rings. The van der Waals surface area contributed by atoms with E-state index < -0.39 is 10.0 Å². The van der Waals surface area contributed by atoms with Gasteiger partial charge in [-0.3, -0.25) is 9.10 Å². The third-order valence-electron chi connectivity index (χ3n) is 3.40. The van der Waals surface area contributed by atoms with Gasteiger partial charge >= 0.3 is 0 Å². The third-order valence-corrected chi connectivity index (χ3v) is 4.54. The number of amides is 1. The van der Waals surface area contributed by atoms with Gasteiger partial charge in [-0.25, -0.2) is 8.42 Å². The van der Waals surface area contributed by atoms with Crippen LogP contribution in [0.4, 0.5) is 11.4 Å². The summed E-state index contributed by atoms with van der Waals surface area (Å²) in [5.41, 5.74) is 1.49. The van der Waals surface area contributed by atoms with Crippen LogP contribution in [0, 0.1) is 0 Å². The average Bonchev–Trinajstić information content (AvgIpc) is 2.51. The maximum Gasteiger partial charge on any atom is 0.241 e. The van der Waals surface area contributed by atoms with Crippen molar-refractivity contribution >= 4 is 27.3 Å². The number of nitrogens with zero attached hydrogens (tertiary/aromatic N) is 2. The molecule has 1 N–H and O–H groups in total. The normalized spacial score (nSPS) is 10.9. The van der Waals surface area contributed by atoms with Crippen LogP contribution in [0.2, 0.25) is 0 Å². The van der Waals surface area contributed by atoms with Gasteiger partial charge in [0, 0.05) is 25.3 Å². The summed E-state index contributed by atoms with van der Waals surface area (Å²) in [4.78, 5) is 14.0. The maximum absolute atomic E-state index is 12.0. The third kappa shape index (κ3) is 5.59. The fraction of sp³-hybridized carbons (Fsp3) is 0.438. The second-order valence-electron chi connectivity index (χ2n) is 5.05. The van der Waals surface area contributed by atoms with E-state index in [1.807, 2.05) is 12.1 Å². The largest absolute Gasteiger partial charge is 0.372 e. The van der Waals surface area contributed by atoms with Crippen LogP contribution in [0.5, 0.6) is 0 Å². The van der Waals surface area contributed by atoms with Gasteiger partial charge in [0.15, 0.2) is 0 Å². The Hall–Kier alpha value is -2.02. The lowest BCUT2D eigenvalue weighted by atomic mass is 10.2. The quantitative estimate of drug-likeness (QED) is 0.694. The van der Waals surface area contributed by atoms with E-state index in [-0.39, 0.29) is 12.5 Å². The molecule has 128 valence electrons. The smallest absolute Gasteiger partial charge is 0.241 e. The number of anilines is 2. The molecular weight excluding hydrogens is 314 g/mol. The van der Waals surface area contributed by atoms with Crippen LogP contribution < -0.4 is 14.5 Å². The first kappa shape index (κ1) is 19.0. The average molecular weight is 339 g/mol. The van der Waals surface area contributed by atoms with E-state index in [9.17, 15) is 13.2 Å². The van der Waals surface area contributed by atoms with E-state index >= 15 is 0 Å². The van der Waals surface area contributed by atoms with Crippen molar-refractivity contribution in [1.29, 1.82) is 0 Å². The molecular formula is C16H25N3O3S. The van der Waals surface area contributed by atoms with E-state index in [1.54, 1.807) is 18.2 Å². The van der Waals surface area contributed by atoms with Crippen LogP contribution >= 0.6 is 0 Å². The molecule has 1 aromatic carbocycles. The molecule has 0 aliphatic rings. The summed E-state index contributed by atoms with van der Waals surface area (Å²) in [6, 6.07) is 7.16. The van der Waals surface area contributed by atoms with Crippen LogP contribution in [0.1, 0.15) is 13.8 Å². The number of rotatable bonds is 9. The molecule has 6 nitrogen and oxygen atoms in total. The molecule has 0 atom stereocenters. The Kier molecular flexibility index (Phi) is 7.09. The minimum atomic E-state index is -3.55. The Morgan fingerprint density at radius 2 is 1.70 bits per heavy atom. The van der Waals surface area contributed by atoms with Crippen molar-refractivity contribution in [2.24, 2.45) is 0 Å². The second kappa shape index (κ2) is 8.57. The SMILES string of the molecule is C=CCNC(=O)CN(c1ccc(N(CC)CC)cc1)S(C)(=O)=O. The van der Waals surface area contributed by atoms with Crippen molar-refractivity contribution in [3.05, 3.63) is 36.9 Å². The number of carbonyl (C=O) groups is 1. The first-order valence-corrected chi connectivity index (χ1v) is 9.38. The van der Waals surface area contributed by atoms with Gasteiger partial charge < -0.3 is 10.2 Å². The lowest BCUT2D eigenvalue weighted by Gasteiger charge is -2.24. The molecule has 0 spiro atoms. The van der Waals surface area contributed by atoms with Gasteiger partial charge in [-0.2, -0.15) is 0 Å². The predicted molar refractivity (Wildman–Crippen MR) is 95.4 cm³/mol. The van der Waals surface area contributed by atoms with E-state index in [0.717, 1.165) is 29.3 Å². The van der Waals surface area contributed by atoms with Crippen LogP contribution in [-0.2, 0) is 14.8 Å². The predicted octanol–water partition coefficient (Wildman–Crippen LogP) is 1.60. The van der Waals surface area contributed by atoms with Crippen molar-refractivity contribution in [2.45, 2.75) is 13.8 Å². The Morgan fingerprint density at radius 3 is 2.13 bits per heavy atom. The minimum absolute atomic E-state index is 0.253. The molecule has 0 fully saturated rings. The maximum atomic E-state index is 12.0. The number of nitrogens with one attached hydrogen (secondary N) is 1. The zero-order valence-electron chi connectivity index (χ0n) is 13.9. The zero-order valence-corrected chi connectivity index (χ0v) is 14.8. The highest BCUT2D eigenvalue weighted by atomic mass is 32.2. The van der Waals surface area contributed by atoms with Crippen molar-refractivity contribution in [1.82, 2.24) is 5.32 Å². The molecule has 0 aromatic heterocycles. The molecule has 0 unspecified atom stereocenters. The molecule has 0 aliphatic heterocycles. The fourth-order valence-corrected chi connectivity index (χ4v) is 3.05. The van der Waals surface area contributed by atoms with Crippen LogP contribution in [0.15, 0.2) is 36.9 Å². The van der Waals surface area contributed by atoms with Crippen LogP contribution in [0.25, 0.3) is 0 Å². The summed E-state index contributed by atoms with van der Waals surface area (Å²) in [6.07, 6.45) is 2.63. The van der Waals surface area contributed by atoms with Gasteiger partial charge in [0.25, 0.3) is 0 Å². The second-order valence-corrected chi connectivity index (χ2v) is 6.96. The Morgan fingerprint density at radius 1 is 1.17 bits per heavy atom. The van der Waals surface area contributed by atoms with Crippen LogP contribution in [0.3, 0.4) is 0 Å². The molecule has 0 heterocycles. The lowest BCUT2D eigenvalue weighted by Crippen LogP contribution is -2.40. The number of sulfonamides is 1. The highest BCUT2D eigenvalue weighted by Crippen LogP contribution is 2.22. The molecule has 1 amide bonds. The van der Waals surface area contributed by atoms with Crippen molar-refractivity contribution in [3.63, 3.8) is 0 Å². The Bertz CT molecular complexity index is 622. The summed E-state index contributed by atoms with van der Waals surface area (Å²) in [5, 5.41) is 2.58. The van der Waals surface area contributed by atoms with Crippen LogP contribution in [-0.4, -0.2) is 46.8 Å². The topological polar surface area (TPSA) is 69.7 Å². The summed E-state index contributed by atoms with van der Waals surface area (Å²) in [6.45, 7) is 9.42. The van der Waals surface area contributed by atoms with Gasteiger partial charge in [0.1, 0.15) is 6.54 Å². The monoisotopic (exact) mass is 339 g/mol. The molecule has 23 heavy (non-hydrogen) atoms. The van der Waals surface area contributed by atoms with E-state index in [4.69, 9.17) is 0 Å². The number of hydrogen-bond donors (Lipinski definition) is 1.